The molecule has 0 saturated heterocycles. The molecule has 2 aromatic carbocycles. The molecule has 1 aliphatic rings. The predicted octanol–water partition coefficient (Wildman–Crippen LogP) is 2.38. The number of aliphatic imine (C=N–C) groups is 1. The first-order chi connectivity index (χ1) is 12.7. The van der Waals surface area contributed by atoms with Crippen LogP contribution in [0, 0.1) is 0 Å². The number of para-hydroxylation sites is 3. The van der Waals surface area contributed by atoms with Gasteiger partial charge in [0.25, 0.3) is 0 Å². The zero-order chi connectivity index (χ0) is 17.9. The van der Waals surface area contributed by atoms with Gasteiger partial charge in [0.05, 0.1) is 30.2 Å². The number of fused-ring (bicyclic) bond motifs is 2. The molecule has 4 rings (SSSR count). The zero-order valence-corrected chi connectivity index (χ0v) is 17.1. The van der Waals surface area contributed by atoms with E-state index in [9.17, 15) is 4.79 Å². The Bertz CT molecular complexity index is 1010. The lowest BCUT2D eigenvalue weighted by molar-refractivity contribution is 0.262. The van der Waals surface area contributed by atoms with Gasteiger partial charge in [-0.1, -0.05) is 30.3 Å². The molecule has 0 spiro atoms. The lowest BCUT2D eigenvalue weighted by Crippen LogP contribution is -2.37. The third-order valence-corrected chi connectivity index (χ3v) is 4.57. The normalized spacial score (nSPS) is 16.3. The second-order valence-electron chi connectivity index (χ2n) is 6.24. The number of aromatic nitrogens is 2. The molecule has 1 aliphatic heterocycles. The zero-order valence-electron chi connectivity index (χ0n) is 14.7. The highest BCUT2D eigenvalue weighted by molar-refractivity contribution is 14.0. The maximum Gasteiger partial charge on any atom is 0.326 e. The first-order valence-electron chi connectivity index (χ1n) is 8.68. The summed E-state index contributed by atoms with van der Waals surface area (Å²) in [4.78, 5) is 19.3. The Morgan fingerprint density at radius 3 is 2.93 bits per heavy atom. The standard InChI is InChI=1S/C19H21N5O2.HI/c20-18(22-14-9-12-26-17-8-4-1-5-13(14)17)21-10-11-24-16-7-3-2-6-15(16)23-19(24)25;/h1-8,14H,9-12H2,(H,23,25)(H3,20,21,22);1H. The minimum Gasteiger partial charge on any atom is -0.493 e. The molecule has 1 atom stereocenters. The van der Waals surface area contributed by atoms with Crippen LogP contribution in [0.4, 0.5) is 0 Å². The molecule has 1 unspecified atom stereocenters. The smallest absolute Gasteiger partial charge is 0.326 e. The second-order valence-corrected chi connectivity index (χ2v) is 6.24. The summed E-state index contributed by atoms with van der Waals surface area (Å²) in [5, 5.41) is 3.26. The predicted molar refractivity (Wildman–Crippen MR) is 117 cm³/mol. The Kier molecular flexibility index (Phi) is 6.04. The van der Waals surface area contributed by atoms with Crippen molar-refractivity contribution in [3.63, 3.8) is 0 Å². The van der Waals surface area contributed by atoms with Crippen LogP contribution in [0.5, 0.6) is 5.75 Å². The van der Waals surface area contributed by atoms with Crippen molar-refractivity contribution in [1.29, 1.82) is 0 Å². The molecule has 7 nitrogen and oxygen atoms in total. The summed E-state index contributed by atoms with van der Waals surface area (Å²) in [6, 6.07) is 15.6. The van der Waals surface area contributed by atoms with E-state index in [1.54, 1.807) is 4.57 Å². The molecule has 0 fully saturated rings. The molecule has 0 bridgehead atoms. The minimum atomic E-state index is -0.133. The van der Waals surface area contributed by atoms with Gasteiger partial charge in [0.1, 0.15) is 5.75 Å². The fourth-order valence-corrected chi connectivity index (χ4v) is 3.32. The van der Waals surface area contributed by atoms with E-state index in [0.717, 1.165) is 28.8 Å². The molecule has 1 aromatic heterocycles. The Morgan fingerprint density at radius 2 is 2.04 bits per heavy atom. The van der Waals surface area contributed by atoms with Gasteiger partial charge in [-0.3, -0.25) is 9.56 Å². The number of hydrogen-bond donors (Lipinski definition) is 3. The molecule has 3 aromatic rings. The molecular formula is C19H22IN5O2. The molecule has 0 amide bonds. The van der Waals surface area contributed by atoms with Crippen molar-refractivity contribution in [2.24, 2.45) is 10.7 Å². The number of benzene rings is 2. The summed E-state index contributed by atoms with van der Waals surface area (Å²) in [7, 11) is 0. The lowest BCUT2D eigenvalue weighted by atomic mass is 10.0. The Morgan fingerprint density at radius 1 is 1.26 bits per heavy atom. The molecule has 0 saturated carbocycles. The molecule has 2 heterocycles. The van der Waals surface area contributed by atoms with Crippen LogP contribution in [0.1, 0.15) is 18.0 Å². The van der Waals surface area contributed by atoms with E-state index in [1.165, 1.54) is 0 Å². The minimum absolute atomic E-state index is 0. The van der Waals surface area contributed by atoms with Gasteiger partial charge >= 0.3 is 5.69 Å². The first kappa shape index (κ1) is 19.3. The van der Waals surface area contributed by atoms with Crippen molar-refractivity contribution in [2.45, 2.75) is 19.0 Å². The van der Waals surface area contributed by atoms with E-state index >= 15 is 0 Å². The number of imidazole rings is 1. The highest BCUT2D eigenvalue weighted by atomic mass is 127. The van der Waals surface area contributed by atoms with Crippen LogP contribution in [0.15, 0.2) is 58.3 Å². The van der Waals surface area contributed by atoms with Crippen LogP contribution in [0.25, 0.3) is 11.0 Å². The van der Waals surface area contributed by atoms with Crippen molar-refractivity contribution < 1.29 is 4.74 Å². The number of ether oxygens (including phenoxy) is 1. The number of nitrogens with zero attached hydrogens (tertiary/aromatic N) is 2. The summed E-state index contributed by atoms with van der Waals surface area (Å²) in [6.45, 7) is 1.54. The van der Waals surface area contributed by atoms with Gasteiger partial charge in [0, 0.05) is 18.5 Å². The molecule has 4 N–H and O–H groups in total. The van der Waals surface area contributed by atoms with Gasteiger partial charge in [-0.15, -0.1) is 24.0 Å². The fraction of sp³-hybridized carbons (Fsp3) is 0.263. The molecule has 0 aliphatic carbocycles. The molecule has 142 valence electrons. The van der Waals surface area contributed by atoms with Gasteiger partial charge in [-0.25, -0.2) is 4.79 Å². The van der Waals surface area contributed by atoms with Gasteiger partial charge in [0.15, 0.2) is 5.96 Å². The van der Waals surface area contributed by atoms with Crippen molar-refractivity contribution in [1.82, 2.24) is 14.9 Å². The number of guanidine groups is 1. The molecule has 27 heavy (non-hydrogen) atoms. The van der Waals surface area contributed by atoms with Crippen LogP contribution in [0.3, 0.4) is 0 Å². The Balaban J connectivity index is 0.00000210. The number of hydrogen-bond acceptors (Lipinski definition) is 3. The van der Waals surface area contributed by atoms with E-state index in [0.29, 0.717) is 25.7 Å². The van der Waals surface area contributed by atoms with Crippen molar-refractivity contribution >= 4 is 41.0 Å². The maximum atomic E-state index is 12.1. The third kappa shape index (κ3) is 4.10. The SMILES string of the molecule is I.NC(=NCCn1c(=O)[nH]c2ccccc21)NC1CCOc2ccccc21. The van der Waals surface area contributed by atoms with Crippen LogP contribution >= 0.6 is 24.0 Å². The third-order valence-electron chi connectivity index (χ3n) is 4.57. The van der Waals surface area contributed by atoms with Crippen LogP contribution in [0.2, 0.25) is 0 Å². The average molecular weight is 479 g/mol. The lowest BCUT2D eigenvalue weighted by Gasteiger charge is -2.26. The maximum absolute atomic E-state index is 12.1. The summed E-state index contributed by atoms with van der Waals surface area (Å²) >= 11 is 0. The Labute approximate surface area is 173 Å². The number of aromatic amines is 1. The number of rotatable bonds is 4. The monoisotopic (exact) mass is 479 g/mol. The molecular weight excluding hydrogens is 457 g/mol. The average Bonchev–Trinajstić information content (AvgIpc) is 2.98. The van der Waals surface area contributed by atoms with Crippen molar-refractivity contribution in [3.8, 4) is 5.75 Å². The summed E-state index contributed by atoms with van der Waals surface area (Å²) in [6.07, 6.45) is 0.829. The largest absolute Gasteiger partial charge is 0.493 e. The van der Waals surface area contributed by atoms with E-state index in [2.05, 4.69) is 15.3 Å². The first-order valence-corrected chi connectivity index (χ1v) is 8.68. The van der Waals surface area contributed by atoms with Gasteiger partial charge in [-0.05, 0) is 18.2 Å². The van der Waals surface area contributed by atoms with Crippen molar-refractivity contribution in [3.05, 3.63) is 64.6 Å². The highest BCUT2D eigenvalue weighted by Gasteiger charge is 2.21. The number of halogens is 1. The van der Waals surface area contributed by atoms with E-state index in [-0.39, 0.29) is 35.7 Å². The van der Waals surface area contributed by atoms with Gasteiger partial charge < -0.3 is 20.8 Å². The van der Waals surface area contributed by atoms with Crippen LogP contribution < -0.4 is 21.5 Å². The van der Waals surface area contributed by atoms with E-state index in [4.69, 9.17) is 10.5 Å². The van der Waals surface area contributed by atoms with Gasteiger partial charge in [-0.2, -0.15) is 0 Å². The van der Waals surface area contributed by atoms with E-state index < -0.39 is 0 Å². The second kappa shape index (κ2) is 8.47. The Hall–Kier alpha value is -2.49. The fourth-order valence-electron chi connectivity index (χ4n) is 3.32. The molecule has 8 heteroatoms. The summed E-state index contributed by atoms with van der Waals surface area (Å²) in [5.41, 5.74) is 8.71. The number of nitrogens with two attached hydrogens (primary N) is 1. The number of nitrogens with one attached hydrogen (secondary N) is 2. The van der Waals surface area contributed by atoms with Crippen LogP contribution in [-0.2, 0) is 6.54 Å². The quantitative estimate of drug-likeness (QED) is 0.304. The summed E-state index contributed by atoms with van der Waals surface area (Å²) < 4.78 is 7.33. The number of H-pyrrole nitrogens is 1. The topological polar surface area (TPSA) is 97.4 Å². The van der Waals surface area contributed by atoms with Gasteiger partial charge in [0.2, 0.25) is 0 Å². The molecule has 0 radical (unpaired) electrons. The summed E-state index contributed by atoms with van der Waals surface area (Å²) in [5.74, 6) is 1.26. The van der Waals surface area contributed by atoms with Crippen molar-refractivity contribution in [2.75, 3.05) is 13.2 Å². The van der Waals surface area contributed by atoms with E-state index in [1.807, 2.05) is 48.5 Å². The highest BCUT2D eigenvalue weighted by Crippen LogP contribution is 2.31. The van der Waals surface area contributed by atoms with Crippen LogP contribution in [-0.4, -0.2) is 28.7 Å².